The summed E-state index contributed by atoms with van der Waals surface area (Å²) in [7, 11) is 1.76. The van der Waals surface area contributed by atoms with Gasteiger partial charge in [-0.2, -0.15) is 23.4 Å². The average molecular weight is 482 g/mol. The van der Waals surface area contributed by atoms with Gasteiger partial charge in [-0.1, -0.05) is 0 Å². The number of nitrogens with one attached hydrogen (secondary N) is 1. The van der Waals surface area contributed by atoms with E-state index in [1.54, 1.807) is 24.0 Å². The summed E-state index contributed by atoms with van der Waals surface area (Å²) in [5, 5.41) is 18.6. The third-order valence-corrected chi connectivity index (χ3v) is 5.19. The summed E-state index contributed by atoms with van der Waals surface area (Å²) in [4.78, 5) is 23.5. The van der Waals surface area contributed by atoms with Crippen molar-refractivity contribution in [2.24, 2.45) is 7.05 Å². The van der Waals surface area contributed by atoms with Crippen LogP contribution in [0.2, 0.25) is 0 Å². The molecule has 0 fully saturated rings. The molecule has 13 heteroatoms. The lowest BCUT2D eigenvalue weighted by Gasteiger charge is -2.33. The van der Waals surface area contributed by atoms with Gasteiger partial charge in [0.15, 0.2) is 0 Å². The Morgan fingerprint density at radius 1 is 1.21 bits per heavy atom. The van der Waals surface area contributed by atoms with Crippen LogP contribution < -0.4 is 5.32 Å². The van der Waals surface area contributed by atoms with Crippen molar-refractivity contribution in [1.82, 2.24) is 29.8 Å². The summed E-state index contributed by atoms with van der Waals surface area (Å²) in [5.74, 6) is -0.952. The van der Waals surface area contributed by atoms with Crippen molar-refractivity contribution < 1.29 is 32.3 Å². The highest BCUT2D eigenvalue weighted by atomic mass is 19.4. The van der Waals surface area contributed by atoms with Crippen molar-refractivity contribution in [3.05, 3.63) is 59.6 Å². The number of aliphatic carboxylic acids is 1. The highest BCUT2D eigenvalue weighted by molar-refractivity contribution is 5.92. The second kappa shape index (κ2) is 10.5. The largest absolute Gasteiger partial charge is 0.490 e. The molecule has 0 spiro atoms. The maximum atomic E-state index is 12.3. The van der Waals surface area contributed by atoms with Crippen molar-refractivity contribution >= 4 is 11.9 Å². The van der Waals surface area contributed by atoms with Crippen LogP contribution in [0.15, 0.2) is 41.1 Å². The number of fused-ring (bicyclic) bond motifs is 1. The van der Waals surface area contributed by atoms with Gasteiger partial charge in [-0.3, -0.25) is 19.1 Å². The number of nitrogens with zero attached hydrogens (tertiary/aromatic N) is 5. The van der Waals surface area contributed by atoms with Crippen LogP contribution in [0.1, 0.15) is 40.2 Å². The quantitative estimate of drug-likeness (QED) is 0.554. The Labute approximate surface area is 192 Å². The second-order valence-corrected chi connectivity index (χ2v) is 7.79. The molecule has 3 aromatic rings. The average Bonchev–Trinajstić information content (AvgIpc) is 3.49. The Morgan fingerprint density at radius 3 is 2.50 bits per heavy atom. The molecule has 4 rings (SSSR count). The molecular weight excluding hydrogens is 457 g/mol. The van der Waals surface area contributed by atoms with Crippen LogP contribution in [0, 0.1) is 6.92 Å². The number of hydrogen-bond acceptors (Lipinski definition) is 6. The lowest BCUT2D eigenvalue weighted by Crippen LogP contribution is -2.39. The van der Waals surface area contributed by atoms with Gasteiger partial charge < -0.3 is 14.8 Å². The number of halogens is 3. The predicted octanol–water partition coefficient (Wildman–Crippen LogP) is 2.53. The van der Waals surface area contributed by atoms with Gasteiger partial charge in [0.05, 0.1) is 18.3 Å². The number of carboxylic acid groups (broad SMARTS) is 1. The van der Waals surface area contributed by atoms with E-state index in [2.05, 4.69) is 31.2 Å². The number of hydrogen-bond donors (Lipinski definition) is 2. The van der Waals surface area contributed by atoms with Gasteiger partial charge in [0, 0.05) is 39.1 Å². The first kappa shape index (κ1) is 25.0. The summed E-state index contributed by atoms with van der Waals surface area (Å²) in [5.41, 5.74) is 1.75. The van der Waals surface area contributed by atoms with E-state index in [1.807, 2.05) is 25.3 Å². The van der Waals surface area contributed by atoms with E-state index in [0.29, 0.717) is 12.2 Å². The lowest BCUT2D eigenvalue weighted by molar-refractivity contribution is -0.192. The van der Waals surface area contributed by atoms with Crippen LogP contribution in [0.3, 0.4) is 0 Å². The third-order valence-electron chi connectivity index (χ3n) is 5.19. The summed E-state index contributed by atoms with van der Waals surface area (Å²) < 4.78 is 41.1. The van der Waals surface area contributed by atoms with Gasteiger partial charge in [0.2, 0.25) is 0 Å². The van der Waals surface area contributed by atoms with E-state index in [0.717, 1.165) is 37.6 Å². The fraction of sp³-hybridized carbons (Fsp3) is 0.429. The molecule has 184 valence electrons. The molecule has 1 aliphatic heterocycles. The summed E-state index contributed by atoms with van der Waals surface area (Å²) in [6.07, 6.45) is -0.802. The van der Waals surface area contributed by atoms with Gasteiger partial charge in [-0.05, 0) is 37.6 Å². The monoisotopic (exact) mass is 482 g/mol. The predicted molar refractivity (Wildman–Crippen MR) is 113 cm³/mol. The van der Waals surface area contributed by atoms with Gasteiger partial charge >= 0.3 is 12.1 Å². The SMILES string of the molecule is Cc1ccc(CN2Cc3ccnn3C(CCNC(=O)c3ccnn3C)C2)o1.O=C(O)C(F)(F)F. The Balaban J connectivity index is 0.000000406. The zero-order valence-corrected chi connectivity index (χ0v) is 18.6. The molecule has 1 aliphatic rings. The molecule has 1 atom stereocenters. The van der Waals surface area contributed by atoms with Gasteiger partial charge in [0.25, 0.3) is 5.91 Å². The van der Waals surface area contributed by atoms with Crippen molar-refractivity contribution in [3.8, 4) is 0 Å². The molecule has 10 nitrogen and oxygen atoms in total. The van der Waals surface area contributed by atoms with Crippen LogP contribution >= 0.6 is 0 Å². The number of amides is 1. The highest BCUT2D eigenvalue weighted by Gasteiger charge is 2.38. The Hall–Kier alpha value is -3.61. The van der Waals surface area contributed by atoms with Crippen LogP contribution in [0.5, 0.6) is 0 Å². The van der Waals surface area contributed by atoms with Gasteiger partial charge in [-0.15, -0.1) is 0 Å². The number of carbonyl (C=O) groups is 2. The minimum absolute atomic E-state index is 0.102. The first-order valence-corrected chi connectivity index (χ1v) is 10.4. The van der Waals surface area contributed by atoms with Gasteiger partial charge in [-0.25, -0.2) is 4.79 Å². The number of carboxylic acids is 1. The van der Waals surface area contributed by atoms with E-state index in [4.69, 9.17) is 14.3 Å². The smallest absolute Gasteiger partial charge is 0.475 e. The molecule has 34 heavy (non-hydrogen) atoms. The Morgan fingerprint density at radius 2 is 1.91 bits per heavy atom. The number of rotatable bonds is 6. The van der Waals surface area contributed by atoms with Crippen molar-refractivity contribution in [2.45, 2.75) is 38.7 Å². The van der Waals surface area contributed by atoms with Crippen molar-refractivity contribution in [1.29, 1.82) is 0 Å². The van der Waals surface area contributed by atoms with Crippen molar-refractivity contribution in [3.63, 3.8) is 0 Å². The first-order valence-electron chi connectivity index (χ1n) is 10.4. The van der Waals surface area contributed by atoms with E-state index in [9.17, 15) is 18.0 Å². The fourth-order valence-electron chi connectivity index (χ4n) is 3.63. The number of furan rings is 1. The number of alkyl halides is 3. The molecule has 0 aromatic carbocycles. The topological polar surface area (TPSA) is 118 Å². The molecule has 1 unspecified atom stereocenters. The van der Waals surface area contributed by atoms with Gasteiger partial charge in [0.1, 0.15) is 17.2 Å². The van der Waals surface area contributed by atoms with E-state index in [1.165, 1.54) is 5.69 Å². The molecular formula is C21H25F3N6O4. The van der Waals surface area contributed by atoms with E-state index >= 15 is 0 Å². The fourth-order valence-corrected chi connectivity index (χ4v) is 3.63. The minimum Gasteiger partial charge on any atom is -0.475 e. The number of aryl methyl sites for hydroxylation is 2. The molecule has 0 saturated carbocycles. The second-order valence-electron chi connectivity index (χ2n) is 7.79. The van der Waals surface area contributed by atoms with Crippen LogP contribution in [0.4, 0.5) is 13.2 Å². The first-order chi connectivity index (χ1) is 16.0. The van der Waals surface area contributed by atoms with Crippen molar-refractivity contribution in [2.75, 3.05) is 13.1 Å². The molecule has 0 saturated heterocycles. The van der Waals surface area contributed by atoms with Crippen LogP contribution in [-0.2, 0) is 24.9 Å². The zero-order valence-electron chi connectivity index (χ0n) is 18.6. The molecule has 2 N–H and O–H groups in total. The number of aromatic nitrogens is 4. The Kier molecular flexibility index (Phi) is 7.76. The zero-order chi connectivity index (χ0) is 24.9. The number of carbonyl (C=O) groups excluding carboxylic acids is 1. The molecule has 1 amide bonds. The van der Waals surface area contributed by atoms with E-state index in [-0.39, 0.29) is 11.9 Å². The van der Waals surface area contributed by atoms with Crippen LogP contribution in [-0.4, -0.2) is 60.7 Å². The maximum absolute atomic E-state index is 12.3. The third kappa shape index (κ3) is 6.47. The standard InChI is InChI=1S/C19H24N6O2.C2HF3O2/c1-14-3-4-17(27-14)13-24-11-15(25-16(12-24)6-9-22-25)5-8-20-19(26)18-7-10-21-23(18)2;3-2(4,5)1(6)7/h3-4,6-7,9-10,15H,5,8,11-13H2,1-2H3,(H,20,26);(H,6,7). The Bertz CT molecular complexity index is 1120. The summed E-state index contributed by atoms with van der Waals surface area (Å²) >= 11 is 0. The molecule has 4 heterocycles. The minimum atomic E-state index is -5.08. The molecule has 3 aromatic heterocycles. The molecule has 0 aliphatic carbocycles. The maximum Gasteiger partial charge on any atom is 0.490 e. The highest BCUT2D eigenvalue weighted by Crippen LogP contribution is 2.24. The normalized spacial score (nSPS) is 15.9. The summed E-state index contributed by atoms with van der Waals surface area (Å²) in [6.45, 7) is 5.04. The molecule has 0 radical (unpaired) electrons. The van der Waals surface area contributed by atoms with Crippen LogP contribution in [0.25, 0.3) is 0 Å². The molecule has 0 bridgehead atoms. The lowest BCUT2D eigenvalue weighted by atomic mass is 10.1. The summed E-state index contributed by atoms with van der Waals surface area (Å²) in [6, 6.07) is 8.01. The van der Waals surface area contributed by atoms with E-state index < -0.39 is 12.1 Å².